The first-order chi connectivity index (χ1) is 4.00. The fourth-order valence-electron chi connectivity index (χ4n) is 0. The van der Waals surface area contributed by atoms with E-state index in [9.17, 15) is 4.79 Å². The highest BCUT2D eigenvalue weighted by Gasteiger charge is 1.73. The van der Waals surface area contributed by atoms with Crippen LogP contribution in [0.5, 0.6) is 0 Å². The molecule has 0 aliphatic heterocycles. The van der Waals surface area contributed by atoms with Gasteiger partial charge in [-0.2, -0.15) is 0 Å². The summed E-state index contributed by atoms with van der Waals surface area (Å²) in [4.78, 5) is 17.7. The molecule has 10 heavy (non-hydrogen) atoms. The molecule has 0 bridgehead atoms. The van der Waals surface area contributed by atoms with Crippen molar-refractivity contribution in [3.05, 3.63) is 10.1 Å². The summed E-state index contributed by atoms with van der Waals surface area (Å²) in [6.07, 6.45) is 0. The van der Waals surface area contributed by atoms with Crippen molar-refractivity contribution in [3.63, 3.8) is 0 Å². The Kier molecular flexibility index (Phi) is 16.4. The zero-order valence-corrected chi connectivity index (χ0v) is 4.98. The van der Waals surface area contributed by atoms with Gasteiger partial charge >= 0.3 is 6.03 Å². The molecule has 9 N–H and O–H groups in total. The third-order valence-electron chi connectivity index (χ3n) is 0.142. The molecule has 9 nitrogen and oxygen atoms in total. The van der Waals surface area contributed by atoms with E-state index in [1.165, 1.54) is 0 Å². The molecule has 0 spiro atoms. The minimum Gasteiger partial charge on any atom is -0.351 e. The van der Waals surface area contributed by atoms with Crippen LogP contribution >= 0.6 is 0 Å². The highest BCUT2D eigenvalue weighted by atomic mass is 16.9. The summed E-state index contributed by atoms with van der Waals surface area (Å²) < 4.78 is 0. The molecular formula is CH9N5O4. The second-order valence-corrected chi connectivity index (χ2v) is 0.746. The maximum Gasteiger partial charge on any atom is 0.326 e. The number of hydrazine groups is 1. The third-order valence-corrected chi connectivity index (χ3v) is 0.142. The third kappa shape index (κ3) is 1220. The van der Waals surface area contributed by atoms with Gasteiger partial charge < -0.3 is 17.1 Å². The Hall–Kier alpha value is -1.61. The number of primary amides is 1. The average Bonchev–Trinajstić information content (AvgIpc) is 1.65. The Bertz CT molecular complexity index is 97.8. The van der Waals surface area contributed by atoms with Gasteiger partial charge in [0.1, 0.15) is 0 Å². The SMILES string of the molecule is N.NNC(N)=O.O=[N+]([O-])O. The number of nitrogens with two attached hydrogens (primary N) is 2. The normalized spacial score (nSPS) is 5.70. The fraction of sp³-hybridized carbons (Fsp3) is 0. The number of rotatable bonds is 0. The van der Waals surface area contributed by atoms with Crippen molar-refractivity contribution >= 4 is 6.03 Å². The molecule has 0 fully saturated rings. The van der Waals surface area contributed by atoms with Gasteiger partial charge in [0.15, 0.2) is 0 Å². The number of nitrogens with zero attached hydrogens (tertiary/aromatic N) is 1. The van der Waals surface area contributed by atoms with Crippen LogP contribution in [0, 0.1) is 10.1 Å². The minimum absolute atomic E-state index is 0. The molecule has 0 saturated heterocycles. The Balaban J connectivity index is -0.0000000910. The highest BCUT2D eigenvalue weighted by Crippen LogP contribution is 1.38. The van der Waals surface area contributed by atoms with E-state index >= 15 is 0 Å². The second-order valence-electron chi connectivity index (χ2n) is 0.746. The topological polar surface area (TPSA) is 180 Å². The van der Waals surface area contributed by atoms with Crippen LogP contribution in [0.2, 0.25) is 0 Å². The molecule has 0 aromatic carbocycles. The van der Waals surface area contributed by atoms with Crippen molar-refractivity contribution in [3.8, 4) is 0 Å². The van der Waals surface area contributed by atoms with Crippen LogP contribution in [-0.2, 0) is 0 Å². The molecule has 0 aromatic heterocycles. The summed E-state index contributed by atoms with van der Waals surface area (Å²) >= 11 is 0. The Morgan fingerprint density at radius 3 is 1.80 bits per heavy atom. The van der Waals surface area contributed by atoms with Crippen LogP contribution < -0.4 is 23.2 Å². The first kappa shape index (κ1) is 15.8. The van der Waals surface area contributed by atoms with E-state index in [-0.39, 0.29) is 6.15 Å². The van der Waals surface area contributed by atoms with Crippen molar-refractivity contribution in [1.29, 1.82) is 0 Å². The number of nitrogens with one attached hydrogen (secondary N) is 1. The molecule has 0 aliphatic carbocycles. The average molecular weight is 155 g/mol. The first-order valence-electron chi connectivity index (χ1n) is 1.60. The van der Waals surface area contributed by atoms with Crippen LogP contribution in [0.1, 0.15) is 0 Å². The van der Waals surface area contributed by atoms with Crippen molar-refractivity contribution in [2.45, 2.75) is 0 Å². The lowest BCUT2D eigenvalue weighted by atomic mass is 11.2. The maximum atomic E-state index is 9.35. The summed E-state index contributed by atoms with van der Waals surface area (Å²) in [5.74, 6) is 4.45. The van der Waals surface area contributed by atoms with Gasteiger partial charge in [0.05, 0.1) is 0 Å². The van der Waals surface area contributed by atoms with Gasteiger partial charge in [0, 0.05) is 0 Å². The molecular weight excluding hydrogens is 146 g/mol. The summed E-state index contributed by atoms with van der Waals surface area (Å²) in [6, 6.07) is -0.718. The second kappa shape index (κ2) is 10.4. The monoisotopic (exact) mass is 155 g/mol. The lowest BCUT2D eigenvalue weighted by Crippen LogP contribution is -2.34. The van der Waals surface area contributed by atoms with Gasteiger partial charge in [-0.25, -0.2) is 10.6 Å². The quantitative estimate of drug-likeness (QED) is 0.121. The molecule has 0 unspecified atom stereocenters. The molecule has 0 saturated carbocycles. The van der Waals surface area contributed by atoms with Crippen molar-refractivity contribution in [2.24, 2.45) is 11.6 Å². The van der Waals surface area contributed by atoms with Crippen LogP contribution in [0.3, 0.4) is 0 Å². The van der Waals surface area contributed by atoms with Crippen LogP contribution in [-0.4, -0.2) is 16.3 Å². The standard InChI is InChI=1S/CH5N3O.HNO3.H3N/c2-1(5)4-3;2-1(3)4;/h3H2,(H3,2,4,5);(H,2,3,4);1H3. The van der Waals surface area contributed by atoms with E-state index in [4.69, 9.17) is 15.3 Å². The van der Waals surface area contributed by atoms with Gasteiger partial charge in [-0.15, -0.1) is 10.1 Å². The van der Waals surface area contributed by atoms with Crippen LogP contribution in [0.25, 0.3) is 0 Å². The molecule has 9 heteroatoms. The van der Waals surface area contributed by atoms with Gasteiger partial charge in [0.25, 0.3) is 5.09 Å². The number of urea groups is 1. The minimum atomic E-state index is -1.50. The lowest BCUT2D eigenvalue weighted by Gasteiger charge is -1.81. The van der Waals surface area contributed by atoms with Gasteiger partial charge in [0.2, 0.25) is 0 Å². The van der Waals surface area contributed by atoms with Gasteiger partial charge in [-0.3, -0.25) is 5.43 Å². The van der Waals surface area contributed by atoms with E-state index in [1.54, 1.807) is 5.43 Å². The van der Waals surface area contributed by atoms with Crippen molar-refractivity contribution < 1.29 is 15.1 Å². The molecule has 0 aliphatic rings. The summed E-state index contributed by atoms with van der Waals surface area (Å²) in [7, 11) is 0. The maximum absolute atomic E-state index is 9.35. The van der Waals surface area contributed by atoms with Gasteiger partial charge in [-0.05, 0) is 0 Å². The molecule has 0 atom stereocenters. The predicted molar refractivity (Wildman–Crippen MR) is 30.7 cm³/mol. The van der Waals surface area contributed by atoms with E-state index < -0.39 is 11.1 Å². The molecule has 0 rings (SSSR count). The zero-order valence-electron chi connectivity index (χ0n) is 4.98. The van der Waals surface area contributed by atoms with E-state index in [2.05, 4.69) is 11.6 Å². The van der Waals surface area contributed by atoms with Crippen LogP contribution in [0.4, 0.5) is 4.79 Å². The van der Waals surface area contributed by atoms with Crippen molar-refractivity contribution in [1.82, 2.24) is 11.6 Å². The van der Waals surface area contributed by atoms with Crippen LogP contribution in [0.15, 0.2) is 0 Å². The number of hydrogen-bond donors (Lipinski definition) is 5. The molecule has 0 aromatic rings. The number of carbonyl (C=O) groups excluding carboxylic acids is 1. The Morgan fingerprint density at radius 2 is 1.80 bits per heavy atom. The first-order valence-corrected chi connectivity index (χ1v) is 1.60. The smallest absolute Gasteiger partial charge is 0.326 e. The van der Waals surface area contributed by atoms with Gasteiger partial charge in [-0.1, -0.05) is 0 Å². The molecule has 0 radical (unpaired) electrons. The number of carbonyl (C=O) groups is 1. The molecule has 62 valence electrons. The van der Waals surface area contributed by atoms with E-state index in [1.807, 2.05) is 0 Å². The lowest BCUT2D eigenvalue weighted by molar-refractivity contribution is -0.742. The largest absolute Gasteiger partial charge is 0.351 e. The summed E-state index contributed by atoms with van der Waals surface area (Å²) in [6.45, 7) is 0. The predicted octanol–water partition coefficient (Wildman–Crippen LogP) is -1.66. The zero-order chi connectivity index (χ0) is 7.86. The number of amides is 2. The van der Waals surface area contributed by atoms with Crippen molar-refractivity contribution in [2.75, 3.05) is 0 Å². The Labute approximate surface area is 55.6 Å². The Morgan fingerprint density at radius 1 is 1.70 bits per heavy atom. The highest BCUT2D eigenvalue weighted by molar-refractivity contribution is 5.70. The molecule has 0 heterocycles. The number of hydrogen-bond acceptors (Lipinski definition) is 5. The fourth-order valence-corrected chi connectivity index (χ4v) is 0. The summed E-state index contributed by atoms with van der Waals surface area (Å²) in [5, 5.41) is 13.6. The molecule has 2 amide bonds. The van der Waals surface area contributed by atoms with E-state index in [0.29, 0.717) is 0 Å². The van der Waals surface area contributed by atoms with E-state index in [0.717, 1.165) is 0 Å². The summed E-state index contributed by atoms with van der Waals surface area (Å²) in [5.41, 5.74) is 6.08.